The van der Waals surface area contributed by atoms with Gasteiger partial charge in [0.25, 0.3) is 0 Å². The Balaban J connectivity index is 1.77. The van der Waals surface area contributed by atoms with Crippen molar-refractivity contribution >= 4 is 10.9 Å². The van der Waals surface area contributed by atoms with E-state index >= 15 is 0 Å². The lowest BCUT2D eigenvalue weighted by atomic mass is 10.2. The van der Waals surface area contributed by atoms with Crippen molar-refractivity contribution in [3.8, 4) is 0 Å². The highest BCUT2D eigenvalue weighted by molar-refractivity contribution is 5.80. The third kappa shape index (κ3) is 2.26. The molecular formula is C14H18FN3. The first-order valence-electron chi connectivity index (χ1n) is 6.39. The predicted octanol–water partition coefficient (Wildman–Crippen LogP) is 2.05. The van der Waals surface area contributed by atoms with Crippen LogP contribution in [0.4, 0.5) is 4.39 Å². The molecular weight excluding hydrogens is 229 g/mol. The molecule has 2 heterocycles. The van der Waals surface area contributed by atoms with Gasteiger partial charge in [0.05, 0.1) is 5.52 Å². The molecule has 1 aliphatic rings. The second-order valence-electron chi connectivity index (χ2n) is 5.08. The fourth-order valence-electron chi connectivity index (χ4n) is 2.51. The molecule has 0 unspecified atom stereocenters. The Morgan fingerprint density at radius 1 is 1.22 bits per heavy atom. The Morgan fingerprint density at radius 2 is 2.00 bits per heavy atom. The number of piperazine rings is 1. The van der Waals surface area contributed by atoms with Crippen LogP contribution < -0.4 is 0 Å². The van der Waals surface area contributed by atoms with Gasteiger partial charge >= 0.3 is 0 Å². The number of rotatable bonds is 2. The lowest BCUT2D eigenvalue weighted by Crippen LogP contribution is -2.43. The minimum absolute atomic E-state index is 0.169. The maximum absolute atomic E-state index is 13.6. The minimum Gasteiger partial charge on any atom is -0.355 e. The van der Waals surface area contributed by atoms with E-state index in [1.165, 1.54) is 6.07 Å². The topological polar surface area (TPSA) is 22.3 Å². The Labute approximate surface area is 106 Å². The van der Waals surface area contributed by atoms with Crippen LogP contribution in [0.1, 0.15) is 5.69 Å². The second-order valence-corrected chi connectivity index (χ2v) is 5.08. The Bertz CT molecular complexity index is 541. The monoisotopic (exact) mass is 247 g/mol. The average molecular weight is 247 g/mol. The zero-order chi connectivity index (χ0) is 12.5. The summed E-state index contributed by atoms with van der Waals surface area (Å²) in [6, 6.07) is 7.25. The highest BCUT2D eigenvalue weighted by Crippen LogP contribution is 2.19. The molecule has 3 nitrogen and oxygen atoms in total. The van der Waals surface area contributed by atoms with E-state index < -0.39 is 0 Å². The third-order valence-corrected chi connectivity index (χ3v) is 3.65. The van der Waals surface area contributed by atoms with E-state index in [0.717, 1.165) is 43.8 Å². The summed E-state index contributed by atoms with van der Waals surface area (Å²) in [7, 11) is 2.15. The van der Waals surface area contributed by atoms with Crippen LogP contribution in [-0.2, 0) is 6.54 Å². The first-order chi connectivity index (χ1) is 8.72. The number of hydrogen-bond donors (Lipinski definition) is 1. The molecule has 96 valence electrons. The molecule has 1 aromatic carbocycles. The van der Waals surface area contributed by atoms with Crippen LogP contribution in [0.3, 0.4) is 0 Å². The minimum atomic E-state index is -0.169. The van der Waals surface area contributed by atoms with Crippen molar-refractivity contribution in [2.45, 2.75) is 6.54 Å². The van der Waals surface area contributed by atoms with Crippen molar-refractivity contribution in [2.75, 3.05) is 33.2 Å². The number of hydrogen-bond acceptors (Lipinski definition) is 2. The molecule has 3 rings (SSSR count). The Morgan fingerprint density at radius 3 is 2.72 bits per heavy atom. The number of likely N-dealkylation sites (N-methyl/N-ethyl adjacent to an activating group) is 1. The van der Waals surface area contributed by atoms with E-state index in [1.54, 1.807) is 6.07 Å². The van der Waals surface area contributed by atoms with Gasteiger partial charge in [-0.3, -0.25) is 4.90 Å². The molecule has 18 heavy (non-hydrogen) atoms. The third-order valence-electron chi connectivity index (χ3n) is 3.65. The zero-order valence-electron chi connectivity index (χ0n) is 10.6. The van der Waals surface area contributed by atoms with Gasteiger partial charge in [-0.15, -0.1) is 0 Å². The Hall–Kier alpha value is -1.39. The summed E-state index contributed by atoms with van der Waals surface area (Å²) in [5, 5.41) is 0.958. The van der Waals surface area contributed by atoms with Gasteiger partial charge in [-0.25, -0.2) is 4.39 Å². The molecule has 1 fully saturated rings. The van der Waals surface area contributed by atoms with Gasteiger partial charge in [0.15, 0.2) is 0 Å². The molecule has 1 N–H and O–H groups in total. The summed E-state index contributed by atoms with van der Waals surface area (Å²) in [6.07, 6.45) is 0. The summed E-state index contributed by atoms with van der Waals surface area (Å²) in [4.78, 5) is 7.93. The smallest absolute Gasteiger partial charge is 0.147 e. The molecule has 0 atom stereocenters. The first kappa shape index (κ1) is 11.7. The summed E-state index contributed by atoms with van der Waals surface area (Å²) in [6.45, 7) is 5.24. The lowest BCUT2D eigenvalue weighted by Gasteiger charge is -2.31. The standard InChI is InChI=1S/C14H18FN3/c1-17-5-7-18(8-6-17)10-12-9-11-3-2-4-13(15)14(11)16-12/h2-4,9,16H,5-8,10H2,1H3. The molecule has 0 saturated carbocycles. The molecule has 4 heteroatoms. The Kier molecular flexibility index (Phi) is 3.06. The van der Waals surface area contributed by atoms with Crippen molar-refractivity contribution in [3.05, 3.63) is 35.8 Å². The van der Waals surface area contributed by atoms with Gasteiger partial charge < -0.3 is 9.88 Å². The predicted molar refractivity (Wildman–Crippen MR) is 71.0 cm³/mol. The van der Waals surface area contributed by atoms with Crippen LogP contribution in [0, 0.1) is 5.82 Å². The van der Waals surface area contributed by atoms with E-state index in [0.29, 0.717) is 5.52 Å². The van der Waals surface area contributed by atoms with Gasteiger partial charge in [0.2, 0.25) is 0 Å². The van der Waals surface area contributed by atoms with Crippen LogP contribution in [0.15, 0.2) is 24.3 Å². The van der Waals surface area contributed by atoms with E-state index in [9.17, 15) is 4.39 Å². The molecule has 1 aliphatic heterocycles. The summed E-state index contributed by atoms with van der Waals surface area (Å²) in [5.74, 6) is -0.169. The normalized spacial score (nSPS) is 18.6. The molecule has 1 aromatic heterocycles. The second kappa shape index (κ2) is 4.71. The molecule has 1 saturated heterocycles. The maximum atomic E-state index is 13.6. The molecule has 0 bridgehead atoms. The summed E-state index contributed by atoms with van der Waals surface area (Å²) < 4.78 is 13.6. The SMILES string of the molecule is CN1CCN(Cc2cc3cccc(F)c3[nH]2)CC1. The first-order valence-corrected chi connectivity index (χ1v) is 6.39. The van der Waals surface area contributed by atoms with Gasteiger partial charge in [0, 0.05) is 43.8 Å². The van der Waals surface area contributed by atoms with Gasteiger partial charge in [-0.1, -0.05) is 12.1 Å². The molecule has 0 aliphatic carbocycles. The van der Waals surface area contributed by atoms with Gasteiger partial charge in [0.1, 0.15) is 5.82 Å². The number of fused-ring (bicyclic) bond motifs is 1. The number of aromatic amines is 1. The quantitative estimate of drug-likeness (QED) is 0.877. The van der Waals surface area contributed by atoms with Crippen LogP contribution in [0.2, 0.25) is 0 Å². The van der Waals surface area contributed by atoms with E-state index in [2.05, 4.69) is 27.9 Å². The van der Waals surface area contributed by atoms with E-state index in [1.807, 2.05) is 6.07 Å². The zero-order valence-corrected chi connectivity index (χ0v) is 10.6. The number of nitrogens with one attached hydrogen (secondary N) is 1. The highest BCUT2D eigenvalue weighted by Gasteiger charge is 2.15. The summed E-state index contributed by atoms with van der Waals surface area (Å²) in [5.41, 5.74) is 1.72. The van der Waals surface area contributed by atoms with Crippen LogP contribution in [0.25, 0.3) is 10.9 Å². The van der Waals surface area contributed by atoms with Crippen LogP contribution in [-0.4, -0.2) is 48.0 Å². The molecule has 0 radical (unpaired) electrons. The van der Waals surface area contributed by atoms with Crippen molar-refractivity contribution in [1.29, 1.82) is 0 Å². The van der Waals surface area contributed by atoms with Crippen molar-refractivity contribution in [1.82, 2.24) is 14.8 Å². The van der Waals surface area contributed by atoms with Gasteiger partial charge in [-0.2, -0.15) is 0 Å². The summed E-state index contributed by atoms with van der Waals surface area (Å²) >= 11 is 0. The highest BCUT2D eigenvalue weighted by atomic mass is 19.1. The number of para-hydroxylation sites is 1. The lowest BCUT2D eigenvalue weighted by molar-refractivity contribution is 0.147. The maximum Gasteiger partial charge on any atom is 0.147 e. The molecule has 0 amide bonds. The molecule has 2 aromatic rings. The molecule has 0 spiro atoms. The largest absolute Gasteiger partial charge is 0.355 e. The van der Waals surface area contributed by atoms with E-state index in [4.69, 9.17) is 0 Å². The van der Waals surface area contributed by atoms with Crippen molar-refractivity contribution in [2.24, 2.45) is 0 Å². The van der Waals surface area contributed by atoms with Crippen LogP contribution >= 0.6 is 0 Å². The number of nitrogens with zero attached hydrogens (tertiary/aromatic N) is 2. The average Bonchev–Trinajstić information content (AvgIpc) is 2.76. The van der Waals surface area contributed by atoms with Crippen molar-refractivity contribution in [3.63, 3.8) is 0 Å². The number of aromatic nitrogens is 1. The fourth-order valence-corrected chi connectivity index (χ4v) is 2.51. The number of H-pyrrole nitrogens is 1. The van der Waals surface area contributed by atoms with E-state index in [-0.39, 0.29) is 5.82 Å². The van der Waals surface area contributed by atoms with Crippen LogP contribution in [0.5, 0.6) is 0 Å². The number of benzene rings is 1. The van der Waals surface area contributed by atoms with Crippen molar-refractivity contribution < 1.29 is 4.39 Å². The number of halogens is 1. The fraction of sp³-hybridized carbons (Fsp3) is 0.429. The van der Waals surface area contributed by atoms with Gasteiger partial charge in [-0.05, 0) is 19.2 Å².